The van der Waals surface area contributed by atoms with E-state index in [9.17, 15) is 0 Å². The van der Waals surface area contributed by atoms with E-state index in [2.05, 4.69) is 32.8 Å². The van der Waals surface area contributed by atoms with Crippen LogP contribution in [0.4, 0.5) is 0 Å². The van der Waals surface area contributed by atoms with E-state index < -0.39 is 7.32 Å². The average Bonchev–Trinajstić information content (AvgIpc) is 2.62. The minimum Gasteiger partial charge on any atom is -0.512 e. The minimum absolute atomic E-state index is 0.442. The van der Waals surface area contributed by atoms with Gasteiger partial charge in [-0.15, -0.1) is 0 Å². The highest BCUT2D eigenvalue weighted by Crippen LogP contribution is 2.20. The van der Waals surface area contributed by atoms with Crippen LogP contribution >= 0.6 is 0 Å². The largest absolute Gasteiger partial charge is 0.707 e. The highest BCUT2D eigenvalue weighted by Gasteiger charge is 2.09. The van der Waals surface area contributed by atoms with E-state index in [0.717, 1.165) is 21.8 Å². The van der Waals surface area contributed by atoms with Gasteiger partial charge >= 0.3 is 7.32 Å². The summed E-state index contributed by atoms with van der Waals surface area (Å²) in [4.78, 5) is 8.66. The Morgan fingerprint density at radius 2 is 1.50 bits per heavy atom. The molecule has 118 valence electrons. The zero-order valence-electron chi connectivity index (χ0n) is 12.8. The number of pyridine rings is 2. The molecule has 0 unspecified atom stereocenters. The van der Waals surface area contributed by atoms with Crippen molar-refractivity contribution in [3.8, 4) is 5.75 Å². The van der Waals surface area contributed by atoms with E-state index >= 15 is 0 Å². The van der Waals surface area contributed by atoms with Crippen LogP contribution in [-0.2, 0) is 0 Å². The summed E-state index contributed by atoms with van der Waals surface area (Å²) in [7, 11) is -1.73. The smallest absolute Gasteiger partial charge is 0.512 e. The summed E-state index contributed by atoms with van der Waals surface area (Å²) in [6, 6.07) is 20.7. The van der Waals surface area contributed by atoms with Gasteiger partial charge in [-0.3, -0.25) is 9.97 Å². The molecular formula is C18H15BN2O3. The van der Waals surface area contributed by atoms with Crippen LogP contribution in [0, 0.1) is 0 Å². The highest BCUT2D eigenvalue weighted by atomic mass is 16.6. The molecule has 0 aliphatic carbocycles. The molecule has 0 aliphatic rings. The molecule has 0 spiro atoms. The lowest BCUT2D eigenvalue weighted by Gasteiger charge is -2.01. The molecule has 6 heteroatoms. The maximum atomic E-state index is 8.34. The summed E-state index contributed by atoms with van der Waals surface area (Å²) in [5.74, 6) is 0.442. The quantitative estimate of drug-likeness (QED) is 0.439. The summed E-state index contributed by atoms with van der Waals surface area (Å²) < 4.78 is 4.53. The van der Waals surface area contributed by atoms with E-state index in [1.807, 2.05) is 30.5 Å². The number of hydrogen-bond donors (Lipinski definition) is 2. The molecule has 2 aromatic heterocycles. The van der Waals surface area contributed by atoms with Gasteiger partial charge < -0.3 is 14.7 Å². The molecule has 4 aromatic rings. The molecule has 0 amide bonds. The van der Waals surface area contributed by atoms with Crippen molar-refractivity contribution in [1.82, 2.24) is 9.97 Å². The highest BCUT2D eigenvalue weighted by molar-refractivity contribution is 6.33. The number of rotatable bonds is 2. The summed E-state index contributed by atoms with van der Waals surface area (Å²) in [6.07, 6.45) is 3.62. The lowest BCUT2D eigenvalue weighted by atomic mass is 10.1. The lowest BCUT2D eigenvalue weighted by molar-refractivity contribution is 0.288. The van der Waals surface area contributed by atoms with Gasteiger partial charge in [-0.25, -0.2) is 0 Å². The topological polar surface area (TPSA) is 75.5 Å². The van der Waals surface area contributed by atoms with E-state index in [1.165, 1.54) is 0 Å². The van der Waals surface area contributed by atoms with Gasteiger partial charge in [0.1, 0.15) is 5.75 Å². The van der Waals surface area contributed by atoms with Gasteiger partial charge in [0.2, 0.25) is 0 Å². The third-order valence-electron chi connectivity index (χ3n) is 3.34. The van der Waals surface area contributed by atoms with Gasteiger partial charge in [0.25, 0.3) is 0 Å². The molecule has 0 saturated heterocycles. The zero-order chi connectivity index (χ0) is 16.8. The van der Waals surface area contributed by atoms with Crippen LogP contribution < -0.4 is 4.65 Å². The van der Waals surface area contributed by atoms with Gasteiger partial charge in [-0.05, 0) is 36.4 Å². The monoisotopic (exact) mass is 318 g/mol. The SMILES string of the molecule is OB(O)Oc1ccccc1.c1cnc2c(c1)ccc1ncccc12. The van der Waals surface area contributed by atoms with Gasteiger partial charge in [0.05, 0.1) is 11.0 Å². The second-order valence-corrected chi connectivity index (χ2v) is 4.97. The molecule has 5 nitrogen and oxygen atoms in total. The number of fused-ring (bicyclic) bond motifs is 3. The van der Waals surface area contributed by atoms with Gasteiger partial charge in [0, 0.05) is 23.2 Å². The van der Waals surface area contributed by atoms with Crippen molar-refractivity contribution in [2.75, 3.05) is 0 Å². The number of benzene rings is 2. The molecule has 24 heavy (non-hydrogen) atoms. The summed E-state index contributed by atoms with van der Waals surface area (Å²) in [5, 5.41) is 19.0. The molecule has 0 fully saturated rings. The van der Waals surface area contributed by atoms with Crippen LogP contribution in [0.2, 0.25) is 0 Å². The molecule has 2 aromatic carbocycles. The fraction of sp³-hybridized carbons (Fsp3) is 0. The van der Waals surface area contributed by atoms with Crippen molar-refractivity contribution in [1.29, 1.82) is 0 Å². The molecule has 2 heterocycles. The average molecular weight is 318 g/mol. The minimum atomic E-state index is -1.73. The van der Waals surface area contributed by atoms with Crippen molar-refractivity contribution in [3.05, 3.63) is 79.1 Å². The molecule has 0 aliphatic heterocycles. The van der Waals surface area contributed by atoms with Crippen LogP contribution in [0.25, 0.3) is 21.8 Å². The summed E-state index contributed by atoms with van der Waals surface area (Å²) in [5.41, 5.74) is 2.02. The Morgan fingerprint density at radius 3 is 2.29 bits per heavy atom. The molecule has 0 radical (unpaired) electrons. The fourth-order valence-corrected chi connectivity index (χ4v) is 2.32. The van der Waals surface area contributed by atoms with Crippen LogP contribution in [0.15, 0.2) is 79.1 Å². The first-order valence-electron chi connectivity index (χ1n) is 7.40. The standard InChI is InChI=1S/C12H8N2.C6H7BO3/c1-3-9-5-6-11-10(4-2-7-13-11)12(9)14-8-1;8-7(9)10-6-4-2-1-3-5-6/h1-8H;1-5,8-9H. The van der Waals surface area contributed by atoms with Crippen molar-refractivity contribution < 1.29 is 14.7 Å². The van der Waals surface area contributed by atoms with Crippen molar-refractivity contribution in [2.24, 2.45) is 0 Å². The number of nitrogens with zero attached hydrogens (tertiary/aromatic N) is 2. The van der Waals surface area contributed by atoms with Crippen molar-refractivity contribution in [3.63, 3.8) is 0 Å². The summed E-state index contributed by atoms with van der Waals surface area (Å²) in [6.45, 7) is 0. The maximum absolute atomic E-state index is 8.34. The first kappa shape index (κ1) is 15.9. The van der Waals surface area contributed by atoms with Crippen molar-refractivity contribution >= 4 is 29.1 Å². The molecule has 0 bridgehead atoms. The Labute approximate surface area is 139 Å². The fourth-order valence-electron chi connectivity index (χ4n) is 2.32. The predicted octanol–water partition coefficient (Wildman–Crippen LogP) is 2.82. The molecule has 2 N–H and O–H groups in total. The molecule has 0 saturated carbocycles. The Bertz CT molecular complexity index is 878. The number of para-hydroxylation sites is 1. The van der Waals surface area contributed by atoms with Crippen molar-refractivity contribution in [2.45, 2.75) is 0 Å². The van der Waals surface area contributed by atoms with Crippen LogP contribution in [0.5, 0.6) is 5.75 Å². The van der Waals surface area contributed by atoms with Crippen LogP contribution in [0.3, 0.4) is 0 Å². The zero-order valence-corrected chi connectivity index (χ0v) is 12.8. The normalized spacial score (nSPS) is 10.1. The van der Waals surface area contributed by atoms with E-state index in [-0.39, 0.29) is 0 Å². The molecular weight excluding hydrogens is 303 g/mol. The Hall–Kier alpha value is -2.96. The third-order valence-corrected chi connectivity index (χ3v) is 3.34. The Morgan fingerprint density at radius 1 is 0.750 bits per heavy atom. The number of aromatic nitrogens is 2. The maximum Gasteiger partial charge on any atom is 0.707 e. The molecule has 4 rings (SSSR count). The Balaban J connectivity index is 0.000000150. The van der Waals surface area contributed by atoms with E-state index in [1.54, 1.807) is 30.5 Å². The Kier molecular flexibility index (Phi) is 5.00. The van der Waals surface area contributed by atoms with Gasteiger partial charge in [-0.1, -0.05) is 30.3 Å². The molecule has 0 atom stereocenters. The van der Waals surface area contributed by atoms with E-state index in [0.29, 0.717) is 5.75 Å². The first-order valence-corrected chi connectivity index (χ1v) is 7.40. The van der Waals surface area contributed by atoms with Gasteiger partial charge in [-0.2, -0.15) is 0 Å². The van der Waals surface area contributed by atoms with Crippen LogP contribution in [0.1, 0.15) is 0 Å². The predicted molar refractivity (Wildman–Crippen MR) is 94.3 cm³/mol. The van der Waals surface area contributed by atoms with E-state index in [4.69, 9.17) is 10.0 Å². The third kappa shape index (κ3) is 3.87. The number of hydrogen-bond acceptors (Lipinski definition) is 5. The lowest BCUT2D eigenvalue weighted by Crippen LogP contribution is -2.20. The first-order chi connectivity index (χ1) is 11.7. The summed E-state index contributed by atoms with van der Waals surface area (Å²) >= 11 is 0. The second-order valence-electron chi connectivity index (χ2n) is 4.97. The second kappa shape index (κ2) is 7.54. The van der Waals surface area contributed by atoms with Crippen LogP contribution in [-0.4, -0.2) is 27.3 Å². The van der Waals surface area contributed by atoms with Gasteiger partial charge in [0.15, 0.2) is 0 Å².